The maximum atomic E-state index is 10.8. The Hall–Kier alpha value is -1.33. The first kappa shape index (κ1) is 14.6. The molecule has 0 atom stereocenters. The zero-order valence-corrected chi connectivity index (χ0v) is 13.3. The second-order valence-electron chi connectivity index (χ2n) is 5.57. The largest absolute Gasteiger partial charge is 0.481 e. The molecule has 1 aliphatic carbocycles. The molecule has 3 rings (SSSR count). The van der Waals surface area contributed by atoms with E-state index in [0.717, 1.165) is 40.6 Å². The van der Waals surface area contributed by atoms with Gasteiger partial charge in [0.05, 0.1) is 12.1 Å². The van der Waals surface area contributed by atoms with Gasteiger partial charge in [0.25, 0.3) is 0 Å². The average molecular weight is 319 g/mol. The molecule has 110 valence electrons. The van der Waals surface area contributed by atoms with Gasteiger partial charge in [0, 0.05) is 16.7 Å². The third-order valence-corrected chi connectivity index (χ3v) is 5.97. The molecular weight excluding hydrogens is 302 g/mol. The summed E-state index contributed by atoms with van der Waals surface area (Å²) in [6.07, 6.45) is 2.42. The van der Waals surface area contributed by atoms with Crippen molar-refractivity contribution in [2.45, 2.75) is 25.0 Å². The summed E-state index contributed by atoms with van der Waals surface area (Å²) in [5.74, 6) is 1.12. The van der Waals surface area contributed by atoms with Crippen LogP contribution >= 0.6 is 23.1 Å². The summed E-state index contributed by atoms with van der Waals surface area (Å²) in [7, 11) is 0. The number of hydrogen-bond donors (Lipinski definition) is 1. The van der Waals surface area contributed by atoms with Crippen LogP contribution < -0.4 is 0 Å². The van der Waals surface area contributed by atoms with Crippen molar-refractivity contribution in [1.29, 1.82) is 0 Å². The number of thiazole rings is 1. The van der Waals surface area contributed by atoms with E-state index in [1.54, 1.807) is 11.3 Å². The molecule has 1 N–H and O–H groups in total. The number of carbonyl (C=O) groups is 1. The van der Waals surface area contributed by atoms with Gasteiger partial charge in [-0.1, -0.05) is 30.3 Å². The number of carboxylic acid groups (broad SMARTS) is 1. The molecule has 0 saturated heterocycles. The van der Waals surface area contributed by atoms with Gasteiger partial charge in [0.1, 0.15) is 5.01 Å². The molecular formula is C16H17NO2S2. The smallest absolute Gasteiger partial charge is 0.303 e. The first-order valence-electron chi connectivity index (χ1n) is 6.96. The summed E-state index contributed by atoms with van der Waals surface area (Å²) >= 11 is 3.48. The number of benzene rings is 1. The number of hydrogen-bond acceptors (Lipinski definition) is 4. The van der Waals surface area contributed by atoms with E-state index in [1.165, 1.54) is 0 Å². The van der Waals surface area contributed by atoms with Crippen molar-refractivity contribution in [3.05, 3.63) is 41.4 Å². The van der Waals surface area contributed by atoms with Gasteiger partial charge in [-0.2, -0.15) is 11.8 Å². The van der Waals surface area contributed by atoms with Crippen molar-refractivity contribution in [2.75, 3.05) is 5.75 Å². The molecule has 1 saturated carbocycles. The Morgan fingerprint density at radius 2 is 2.10 bits per heavy atom. The zero-order chi connectivity index (χ0) is 14.7. The highest BCUT2D eigenvalue weighted by atomic mass is 32.2. The minimum Gasteiger partial charge on any atom is -0.481 e. The first-order chi connectivity index (χ1) is 10.2. The van der Waals surface area contributed by atoms with E-state index >= 15 is 0 Å². The van der Waals surface area contributed by atoms with Crippen molar-refractivity contribution < 1.29 is 9.90 Å². The number of carboxylic acids is 1. The van der Waals surface area contributed by atoms with Crippen molar-refractivity contribution >= 4 is 29.1 Å². The van der Waals surface area contributed by atoms with E-state index in [2.05, 4.69) is 22.5 Å². The Balaban J connectivity index is 1.53. The van der Waals surface area contributed by atoms with E-state index in [9.17, 15) is 4.79 Å². The average Bonchev–Trinajstić information content (AvgIpc) is 3.05. The standard InChI is InChI=1S/C16H17NO2S2/c18-14(19)8-16(6-7-16)11-20-9-13-10-21-15(17-13)12-4-2-1-3-5-12/h1-5,10H,6-9,11H2,(H,18,19). The monoisotopic (exact) mass is 319 g/mol. The third kappa shape index (κ3) is 3.86. The van der Waals surface area contributed by atoms with Crippen LogP contribution in [-0.4, -0.2) is 21.8 Å². The Morgan fingerprint density at radius 3 is 2.76 bits per heavy atom. The van der Waals surface area contributed by atoms with Gasteiger partial charge < -0.3 is 5.11 Å². The minimum absolute atomic E-state index is 0.0643. The fraction of sp³-hybridized carbons (Fsp3) is 0.375. The lowest BCUT2D eigenvalue weighted by atomic mass is 10.1. The summed E-state index contributed by atoms with van der Waals surface area (Å²) in [5.41, 5.74) is 2.31. The molecule has 1 heterocycles. The van der Waals surface area contributed by atoms with E-state index in [0.29, 0.717) is 6.42 Å². The normalized spacial score (nSPS) is 15.8. The highest BCUT2D eigenvalue weighted by Crippen LogP contribution is 2.51. The summed E-state index contributed by atoms with van der Waals surface area (Å²) in [6, 6.07) is 10.2. The molecule has 3 nitrogen and oxygen atoms in total. The van der Waals surface area contributed by atoms with E-state index < -0.39 is 5.97 Å². The van der Waals surface area contributed by atoms with Crippen LogP contribution in [0.5, 0.6) is 0 Å². The predicted octanol–water partition coefficient (Wildman–Crippen LogP) is 4.30. The molecule has 0 unspecified atom stereocenters. The summed E-state index contributed by atoms with van der Waals surface area (Å²) in [6.45, 7) is 0. The highest BCUT2D eigenvalue weighted by Gasteiger charge is 2.44. The SMILES string of the molecule is O=C(O)CC1(CSCc2csc(-c3ccccc3)n2)CC1. The van der Waals surface area contributed by atoms with Crippen LogP contribution in [-0.2, 0) is 10.5 Å². The number of aliphatic carboxylic acids is 1. The molecule has 2 aromatic rings. The van der Waals surface area contributed by atoms with Gasteiger partial charge in [0.2, 0.25) is 0 Å². The Kier molecular flexibility index (Phi) is 4.31. The number of aromatic nitrogens is 1. The molecule has 21 heavy (non-hydrogen) atoms. The lowest BCUT2D eigenvalue weighted by Gasteiger charge is -2.10. The maximum absolute atomic E-state index is 10.8. The predicted molar refractivity (Wildman–Crippen MR) is 87.6 cm³/mol. The molecule has 0 bridgehead atoms. The van der Waals surface area contributed by atoms with Gasteiger partial charge >= 0.3 is 5.97 Å². The molecule has 0 amide bonds. The topological polar surface area (TPSA) is 50.2 Å². The van der Waals surface area contributed by atoms with Crippen molar-refractivity contribution in [1.82, 2.24) is 4.98 Å². The zero-order valence-electron chi connectivity index (χ0n) is 11.6. The van der Waals surface area contributed by atoms with Crippen LogP contribution in [0.3, 0.4) is 0 Å². The molecule has 0 spiro atoms. The summed E-state index contributed by atoms with van der Waals surface area (Å²) < 4.78 is 0. The quantitative estimate of drug-likeness (QED) is 0.826. The van der Waals surface area contributed by atoms with E-state index in [1.807, 2.05) is 30.0 Å². The molecule has 5 heteroatoms. The Labute approximate surface area is 132 Å². The number of thioether (sulfide) groups is 1. The van der Waals surface area contributed by atoms with Gasteiger partial charge in [-0.25, -0.2) is 4.98 Å². The fourth-order valence-corrected chi connectivity index (χ4v) is 4.54. The Morgan fingerprint density at radius 1 is 1.33 bits per heavy atom. The minimum atomic E-state index is -0.673. The van der Waals surface area contributed by atoms with Crippen LogP contribution in [0.1, 0.15) is 25.0 Å². The second kappa shape index (κ2) is 6.20. The molecule has 0 aliphatic heterocycles. The lowest BCUT2D eigenvalue weighted by Crippen LogP contribution is -2.11. The third-order valence-electron chi connectivity index (χ3n) is 3.71. The molecule has 1 aromatic heterocycles. The van der Waals surface area contributed by atoms with Crippen molar-refractivity contribution in [2.24, 2.45) is 5.41 Å². The number of nitrogens with zero attached hydrogens (tertiary/aromatic N) is 1. The maximum Gasteiger partial charge on any atom is 0.303 e. The van der Waals surface area contributed by atoms with Gasteiger partial charge in [0.15, 0.2) is 0 Å². The molecule has 1 aliphatic rings. The molecule has 0 radical (unpaired) electrons. The summed E-state index contributed by atoms with van der Waals surface area (Å²) in [5, 5.41) is 12.1. The molecule has 1 aromatic carbocycles. The second-order valence-corrected chi connectivity index (χ2v) is 7.42. The van der Waals surface area contributed by atoms with Gasteiger partial charge in [-0.05, 0) is 24.0 Å². The summed E-state index contributed by atoms with van der Waals surface area (Å²) in [4.78, 5) is 15.5. The van der Waals surface area contributed by atoms with Gasteiger partial charge in [-0.3, -0.25) is 4.79 Å². The van der Waals surface area contributed by atoms with Crippen LogP contribution in [0.2, 0.25) is 0 Å². The van der Waals surface area contributed by atoms with Crippen LogP contribution in [0, 0.1) is 5.41 Å². The van der Waals surface area contributed by atoms with Crippen LogP contribution in [0.4, 0.5) is 0 Å². The van der Waals surface area contributed by atoms with Crippen molar-refractivity contribution in [3.8, 4) is 10.6 Å². The van der Waals surface area contributed by atoms with Crippen molar-refractivity contribution in [3.63, 3.8) is 0 Å². The fourth-order valence-electron chi connectivity index (χ4n) is 2.33. The van der Waals surface area contributed by atoms with Crippen LogP contribution in [0.15, 0.2) is 35.7 Å². The number of rotatable bonds is 7. The van der Waals surface area contributed by atoms with E-state index in [4.69, 9.17) is 5.11 Å². The molecule has 1 fully saturated rings. The lowest BCUT2D eigenvalue weighted by molar-refractivity contribution is -0.138. The van der Waals surface area contributed by atoms with Gasteiger partial charge in [-0.15, -0.1) is 11.3 Å². The Bertz CT molecular complexity index is 620. The van der Waals surface area contributed by atoms with E-state index in [-0.39, 0.29) is 5.41 Å². The first-order valence-corrected chi connectivity index (χ1v) is 9.00. The van der Waals surface area contributed by atoms with Crippen LogP contribution in [0.25, 0.3) is 10.6 Å². The highest BCUT2D eigenvalue weighted by molar-refractivity contribution is 7.98.